The Kier molecular flexibility index (Phi) is 8.13. The molecule has 0 aliphatic carbocycles. The molecule has 1 aromatic rings. The summed E-state index contributed by atoms with van der Waals surface area (Å²) in [6, 6.07) is 2.07. The lowest BCUT2D eigenvalue weighted by Crippen LogP contribution is -2.47. The molecule has 1 saturated heterocycles. The number of nitro groups is 2. The van der Waals surface area contributed by atoms with Crippen LogP contribution in [0.15, 0.2) is 12.1 Å². The van der Waals surface area contributed by atoms with Crippen molar-refractivity contribution in [3.8, 4) is 0 Å². The molecule has 0 bridgehead atoms. The first-order valence-corrected chi connectivity index (χ1v) is 10.9. The van der Waals surface area contributed by atoms with E-state index in [4.69, 9.17) is 0 Å². The van der Waals surface area contributed by atoms with E-state index in [1.807, 2.05) is 7.05 Å². The number of rotatable bonds is 8. The van der Waals surface area contributed by atoms with Gasteiger partial charge in [-0.2, -0.15) is 0 Å². The van der Waals surface area contributed by atoms with Crippen LogP contribution in [-0.2, 0) is 0 Å². The predicted molar refractivity (Wildman–Crippen MR) is 113 cm³/mol. The predicted octanol–water partition coefficient (Wildman–Crippen LogP) is 2.49. The molecule has 0 aromatic heterocycles. The second kappa shape index (κ2) is 10.1. The van der Waals surface area contributed by atoms with E-state index >= 15 is 0 Å². The number of benzene rings is 1. The lowest BCUT2D eigenvalue weighted by atomic mass is 10.1. The van der Waals surface area contributed by atoms with Gasteiger partial charge in [-0.25, -0.2) is 0 Å². The van der Waals surface area contributed by atoms with Crippen LogP contribution in [0, 0.1) is 20.2 Å². The second-order valence-corrected chi connectivity index (χ2v) is 7.92. The Hall–Kier alpha value is -1.79. The van der Waals surface area contributed by atoms with Crippen LogP contribution in [0.25, 0.3) is 0 Å². The van der Waals surface area contributed by atoms with Crippen molar-refractivity contribution in [3.63, 3.8) is 0 Å². The molecule has 0 N–H and O–H groups in total. The summed E-state index contributed by atoms with van der Waals surface area (Å²) in [5.41, 5.74) is -0.787. The maximum Gasteiger partial charge on any atom is 0.300 e. The van der Waals surface area contributed by atoms with E-state index < -0.39 is 27.1 Å². The Bertz CT molecular complexity index is 749. The minimum Gasteiger partial charge on any atom is -0.364 e. The minimum atomic E-state index is -0.711. The molecule has 1 fully saturated rings. The van der Waals surface area contributed by atoms with Gasteiger partial charge in [-0.15, -0.1) is 0 Å². The molecule has 154 valence electrons. The average molecular weight is 523 g/mol. The molecule has 0 radical (unpaired) electrons. The fourth-order valence-corrected chi connectivity index (χ4v) is 3.92. The van der Waals surface area contributed by atoms with Crippen molar-refractivity contribution in [2.45, 2.75) is 0 Å². The minimum absolute atomic E-state index is 0.00708. The molecule has 1 aliphatic heterocycles. The van der Waals surface area contributed by atoms with Gasteiger partial charge in [0.1, 0.15) is 5.69 Å². The molecular formula is C16H21Br2N5O5. The normalized spacial score (nSPS) is 14.8. The quantitative estimate of drug-likeness (QED) is 0.293. The molecule has 0 spiro atoms. The maximum atomic E-state index is 13.2. The van der Waals surface area contributed by atoms with Crippen LogP contribution in [0.1, 0.15) is 10.4 Å². The molecular weight excluding hydrogens is 502 g/mol. The number of hydrogen-bond donors (Lipinski definition) is 0. The standard InChI is InChI=1S/C16H21Br2N5O5/c1-19-6-8-21(9-7-19)16(24)13-10-12(22(25)26)11-14(23(27)28)15(13)20(4-2-17)5-3-18/h10-11H,2-9H2,1H3. The summed E-state index contributed by atoms with van der Waals surface area (Å²) in [6.45, 7) is 3.08. The van der Waals surface area contributed by atoms with E-state index in [1.54, 1.807) is 9.80 Å². The van der Waals surface area contributed by atoms with Crippen LogP contribution in [0.4, 0.5) is 17.1 Å². The number of carbonyl (C=O) groups is 1. The van der Waals surface area contributed by atoms with Crippen LogP contribution in [0.2, 0.25) is 0 Å². The average Bonchev–Trinajstić information content (AvgIpc) is 2.66. The Morgan fingerprint density at radius 2 is 1.64 bits per heavy atom. The number of amides is 1. The molecule has 0 unspecified atom stereocenters. The zero-order valence-corrected chi connectivity index (χ0v) is 18.5. The summed E-state index contributed by atoms with van der Waals surface area (Å²) in [6.07, 6.45) is 0. The smallest absolute Gasteiger partial charge is 0.300 e. The van der Waals surface area contributed by atoms with Gasteiger partial charge in [0.2, 0.25) is 0 Å². The number of piperazine rings is 1. The highest BCUT2D eigenvalue weighted by molar-refractivity contribution is 9.09. The van der Waals surface area contributed by atoms with Crippen LogP contribution in [-0.4, -0.2) is 82.5 Å². The highest BCUT2D eigenvalue weighted by Crippen LogP contribution is 2.37. The largest absolute Gasteiger partial charge is 0.364 e. The van der Waals surface area contributed by atoms with Gasteiger partial charge in [-0.1, -0.05) is 31.9 Å². The summed E-state index contributed by atoms with van der Waals surface area (Å²) in [7, 11) is 1.94. The van der Waals surface area contributed by atoms with Gasteiger partial charge in [0.05, 0.1) is 21.5 Å². The third-order valence-electron chi connectivity index (χ3n) is 4.53. The van der Waals surface area contributed by atoms with Crippen LogP contribution in [0.3, 0.4) is 0 Å². The first-order chi connectivity index (χ1) is 13.3. The van der Waals surface area contributed by atoms with E-state index in [0.717, 1.165) is 12.1 Å². The van der Waals surface area contributed by atoms with Gasteiger partial charge in [-0.3, -0.25) is 25.0 Å². The Morgan fingerprint density at radius 3 is 2.11 bits per heavy atom. The number of likely N-dealkylation sites (N-methyl/N-ethyl adjacent to an activating group) is 1. The number of nitrogens with zero attached hydrogens (tertiary/aromatic N) is 5. The van der Waals surface area contributed by atoms with Crippen molar-refractivity contribution < 1.29 is 14.6 Å². The van der Waals surface area contributed by atoms with Crippen LogP contribution in [0.5, 0.6) is 0 Å². The van der Waals surface area contributed by atoms with E-state index in [1.165, 1.54) is 0 Å². The van der Waals surface area contributed by atoms with Crippen molar-refractivity contribution in [3.05, 3.63) is 37.9 Å². The summed E-state index contributed by atoms with van der Waals surface area (Å²) in [4.78, 5) is 40.2. The Balaban J connectivity index is 2.63. The molecule has 0 atom stereocenters. The molecule has 1 aliphatic rings. The summed E-state index contributed by atoms with van der Waals surface area (Å²) in [5, 5.41) is 24.1. The molecule has 12 heteroatoms. The van der Waals surface area contributed by atoms with Gasteiger partial charge in [-0.05, 0) is 7.05 Å². The zero-order chi connectivity index (χ0) is 20.8. The SMILES string of the molecule is CN1CCN(C(=O)c2cc([N+](=O)[O-])cc([N+](=O)[O-])c2N(CCBr)CCBr)CC1. The van der Waals surface area contributed by atoms with Gasteiger partial charge in [0.15, 0.2) is 0 Å². The molecule has 2 rings (SSSR count). The molecule has 1 aromatic carbocycles. The van der Waals surface area contributed by atoms with Crippen molar-refractivity contribution in [1.29, 1.82) is 0 Å². The maximum absolute atomic E-state index is 13.2. The topological polar surface area (TPSA) is 113 Å². The van der Waals surface area contributed by atoms with Gasteiger partial charge >= 0.3 is 0 Å². The summed E-state index contributed by atoms with van der Waals surface area (Å²) < 4.78 is 0. The number of nitro benzene ring substituents is 2. The lowest BCUT2D eigenvalue weighted by molar-refractivity contribution is -0.393. The van der Waals surface area contributed by atoms with E-state index in [9.17, 15) is 25.0 Å². The lowest BCUT2D eigenvalue weighted by Gasteiger charge is -2.33. The number of alkyl halides is 2. The number of non-ortho nitro benzene ring substituents is 1. The zero-order valence-electron chi connectivity index (χ0n) is 15.3. The van der Waals surface area contributed by atoms with Crippen molar-refractivity contribution in [2.24, 2.45) is 0 Å². The van der Waals surface area contributed by atoms with Gasteiger partial charge in [0.25, 0.3) is 17.3 Å². The summed E-state index contributed by atoms with van der Waals surface area (Å²) >= 11 is 6.65. The molecule has 10 nitrogen and oxygen atoms in total. The number of anilines is 1. The third-order valence-corrected chi connectivity index (χ3v) is 5.24. The fourth-order valence-electron chi connectivity index (χ4n) is 3.06. The first kappa shape index (κ1) is 22.5. The molecule has 28 heavy (non-hydrogen) atoms. The van der Waals surface area contributed by atoms with Crippen LogP contribution < -0.4 is 4.90 Å². The van der Waals surface area contributed by atoms with Crippen molar-refractivity contribution in [2.75, 3.05) is 61.9 Å². The fraction of sp³-hybridized carbons (Fsp3) is 0.562. The molecule has 1 amide bonds. The van der Waals surface area contributed by atoms with Crippen molar-refractivity contribution >= 4 is 54.8 Å². The van der Waals surface area contributed by atoms with E-state index in [-0.39, 0.29) is 11.3 Å². The van der Waals surface area contributed by atoms with Gasteiger partial charge in [0, 0.05) is 56.0 Å². The Labute approximate surface area is 179 Å². The highest BCUT2D eigenvalue weighted by atomic mass is 79.9. The van der Waals surface area contributed by atoms with Crippen molar-refractivity contribution in [1.82, 2.24) is 9.80 Å². The molecule has 0 saturated carbocycles. The highest BCUT2D eigenvalue weighted by Gasteiger charge is 2.33. The third kappa shape index (κ3) is 5.17. The Morgan fingerprint density at radius 1 is 1.07 bits per heavy atom. The van der Waals surface area contributed by atoms with Crippen LogP contribution >= 0.6 is 31.9 Å². The van der Waals surface area contributed by atoms with Gasteiger partial charge < -0.3 is 14.7 Å². The number of hydrogen-bond acceptors (Lipinski definition) is 7. The number of halogens is 2. The summed E-state index contributed by atoms with van der Waals surface area (Å²) in [5.74, 6) is -0.427. The number of carbonyl (C=O) groups excluding carboxylic acids is 1. The second-order valence-electron chi connectivity index (χ2n) is 6.34. The van der Waals surface area contributed by atoms with E-state index in [0.29, 0.717) is 49.9 Å². The first-order valence-electron chi connectivity index (χ1n) is 8.61. The monoisotopic (exact) mass is 521 g/mol. The molecule has 1 heterocycles. The van der Waals surface area contributed by atoms with E-state index in [2.05, 4.69) is 36.8 Å².